The Kier molecular flexibility index (Phi) is 6.02. The van der Waals surface area contributed by atoms with Crippen LogP contribution in [-0.4, -0.2) is 73.7 Å². The molecule has 5 heteroatoms. The maximum atomic E-state index is 11.9. The summed E-state index contributed by atoms with van der Waals surface area (Å²) in [6, 6.07) is 0.892. The summed E-state index contributed by atoms with van der Waals surface area (Å²) in [6.45, 7) is 10.6. The molecule has 0 aromatic carbocycles. The molecule has 2 aliphatic rings. The van der Waals surface area contributed by atoms with Crippen molar-refractivity contribution in [2.75, 3.05) is 46.4 Å². The zero-order valence-corrected chi connectivity index (χ0v) is 13.9. The van der Waals surface area contributed by atoms with Crippen LogP contribution in [0.25, 0.3) is 0 Å². The highest BCUT2D eigenvalue weighted by Gasteiger charge is 2.34. The molecule has 1 unspecified atom stereocenters. The third kappa shape index (κ3) is 4.66. The van der Waals surface area contributed by atoms with E-state index in [1.165, 1.54) is 46.1 Å². The van der Waals surface area contributed by atoms with E-state index in [0.29, 0.717) is 0 Å². The minimum atomic E-state index is -0.542. The van der Waals surface area contributed by atoms with Crippen molar-refractivity contribution < 1.29 is 9.53 Å². The SMILES string of the molecule is CCNC(C)(CCCN1CCN(C2CC2)CC1)C(=O)OC. The van der Waals surface area contributed by atoms with Crippen molar-refractivity contribution >= 4 is 5.97 Å². The number of hydrogen-bond donors (Lipinski definition) is 1. The zero-order valence-electron chi connectivity index (χ0n) is 13.9. The van der Waals surface area contributed by atoms with Gasteiger partial charge in [0, 0.05) is 32.2 Å². The summed E-state index contributed by atoms with van der Waals surface area (Å²) in [5.41, 5.74) is -0.542. The number of piperazine rings is 1. The lowest BCUT2D eigenvalue weighted by molar-refractivity contribution is -0.148. The highest BCUT2D eigenvalue weighted by atomic mass is 16.5. The largest absolute Gasteiger partial charge is 0.468 e. The summed E-state index contributed by atoms with van der Waals surface area (Å²) >= 11 is 0. The average molecular weight is 297 g/mol. The molecule has 0 amide bonds. The molecule has 0 radical (unpaired) electrons. The third-order valence-corrected chi connectivity index (χ3v) is 4.82. The van der Waals surface area contributed by atoms with Crippen molar-refractivity contribution in [2.45, 2.75) is 51.1 Å². The molecule has 1 atom stereocenters. The maximum absolute atomic E-state index is 11.9. The minimum Gasteiger partial charge on any atom is -0.468 e. The van der Waals surface area contributed by atoms with Crippen LogP contribution in [0.5, 0.6) is 0 Å². The predicted molar refractivity (Wildman–Crippen MR) is 84.4 cm³/mol. The van der Waals surface area contributed by atoms with Gasteiger partial charge in [-0.2, -0.15) is 0 Å². The monoisotopic (exact) mass is 297 g/mol. The Balaban J connectivity index is 1.68. The summed E-state index contributed by atoms with van der Waals surface area (Å²) < 4.78 is 4.94. The molecular weight excluding hydrogens is 266 g/mol. The Labute approximate surface area is 129 Å². The van der Waals surface area contributed by atoms with E-state index in [1.807, 2.05) is 13.8 Å². The van der Waals surface area contributed by atoms with E-state index < -0.39 is 5.54 Å². The number of hydrogen-bond acceptors (Lipinski definition) is 5. The van der Waals surface area contributed by atoms with Crippen molar-refractivity contribution in [3.8, 4) is 0 Å². The molecule has 1 N–H and O–H groups in total. The molecule has 1 aliphatic heterocycles. The van der Waals surface area contributed by atoms with Crippen molar-refractivity contribution in [2.24, 2.45) is 0 Å². The van der Waals surface area contributed by atoms with Crippen LogP contribution in [0.1, 0.15) is 39.5 Å². The van der Waals surface area contributed by atoms with Gasteiger partial charge in [-0.25, -0.2) is 0 Å². The van der Waals surface area contributed by atoms with E-state index in [2.05, 4.69) is 15.1 Å². The fourth-order valence-corrected chi connectivity index (χ4v) is 3.33. The highest BCUT2D eigenvalue weighted by Crippen LogP contribution is 2.27. The van der Waals surface area contributed by atoms with Crippen molar-refractivity contribution in [3.63, 3.8) is 0 Å². The number of likely N-dealkylation sites (N-methyl/N-ethyl adjacent to an activating group) is 1. The third-order valence-electron chi connectivity index (χ3n) is 4.82. The zero-order chi connectivity index (χ0) is 15.3. The predicted octanol–water partition coefficient (Wildman–Crippen LogP) is 1.09. The van der Waals surface area contributed by atoms with Gasteiger partial charge in [0.1, 0.15) is 5.54 Å². The normalized spacial score (nSPS) is 23.8. The number of esters is 1. The van der Waals surface area contributed by atoms with Gasteiger partial charge in [0.15, 0.2) is 0 Å². The minimum absolute atomic E-state index is 0.150. The van der Waals surface area contributed by atoms with E-state index >= 15 is 0 Å². The second-order valence-electron chi connectivity index (χ2n) is 6.57. The molecule has 0 aromatic heterocycles. The summed E-state index contributed by atoms with van der Waals surface area (Å²) in [5.74, 6) is -0.150. The lowest BCUT2D eigenvalue weighted by Crippen LogP contribution is -2.51. The standard InChI is InChI=1S/C16H31N3O2/c1-4-17-16(2,15(20)21-3)8-5-9-18-10-12-19(13-11-18)14-6-7-14/h14,17H,4-13H2,1-3H3. The molecular formula is C16H31N3O2. The van der Waals surface area contributed by atoms with Gasteiger partial charge in [0.25, 0.3) is 0 Å². The summed E-state index contributed by atoms with van der Waals surface area (Å²) in [7, 11) is 1.47. The Bertz CT molecular complexity index is 338. The smallest absolute Gasteiger partial charge is 0.325 e. The topological polar surface area (TPSA) is 44.8 Å². The molecule has 122 valence electrons. The molecule has 1 aliphatic carbocycles. The van der Waals surface area contributed by atoms with E-state index in [-0.39, 0.29) is 5.97 Å². The number of carbonyl (C=O) groups excluding carboxylic acids is 1. The Hall–Kier alpha value is -0.650. The van der Waals surface area contributed by atoms with Crippen LogP contribution < -0.4 is 5.32 Å². The van der Waals surface area contributed by atoms with E-state index in [9.17, 15) is 4.79 Å². The number of nitrogens with one attached hydrogen (secondary N) is 1. The number of rotatable bonds is 8. The first kappa shape index (κ1) is 16.7. The van der Waals surface area contributed by atoms with Crippen LogP contribution in [0.4, 0.5) is 0 Å². The van der Waals surface area contributed by atoms with Crippen molar-refractivity contribution in [1.82, 2.24) is 15.1 Å². The summed E-state index contributed by atoms with van der Waals surface area (Å²) in [4.78, 5) is 17.1. The van der Waals surface area contributed by atoms with Gasteiger partial charge in [0.05, 0.1) is 7.11 Å². The van der Waals surface area contributed by atoms with Gasteiger partial charge in [0.2, 0.25) is 0 Å². The second kappa shape index (κ2) is 7.56. The molecule has 2 fully saturated rings. The molecule has 1 heterocycles. The molecule has 1 saturated carbocycles. The van der Waals surface area contributed by atoms with E-state index in [1.54, 1.807) is 0 Å². The van der Waals surface area contributed by atoms with Gasteiger partial charge >= 0.3 is 5.97 Å². The Morgan fingerprint density at radius 2 is 1.95 bits per heavy atom. The number of methoxy groups -OCH3 is 1. The van der Waals surface area contributed by atoms with Crippen molar-refractivity contribution in [3.05, 3.63) is 0 Å². The van der Waals surface area contributed by atoms with Crippen LogP contribution in [0.3, 0.4) is 0 Å². The van der Waals surface area contributed by atoms with Gasteiger partial charge in [-0.05, 0) is 45.7 Å². The van der Waals surface area contributed by atoms with Gasteiger partial charge in [-0.1, -0.05) is 6.92 Å². The van der Waals surface area contributed by atoms with Gasteiger partial charge < -0.3 is 15.0 Å². The van der Waals surface area contributed by atoms with E-state index in [4.69, 9.17) is 4.74 Å². The fourth-order valence-electron chi connectivity index (χ4n) is 3.33. The van der Waals surface area contributed by atoms with Crippen LogP contribution in [0.15, 0.2) is 0 Å². The Morgan fingerprint density at radius 3 is 2.48 bits per heavy atom. The van der Waals surface area contributed by atoms with Crippen LogP contribution >= 0.6 is 0 Å². The van der Waals surface area contributed by atoms with Gasteiger partial charge in [-0.3, -0.25) is 9.69 Å². The van der Waals surface area contributed by atoms with E-state index in [0.717, 1.165) is 32.0 Å². The van der Waals surface area contributed by atoms with Crippen LogP contribution in [0, 0.1) is 0 Å². The highest BCUT2D eigenvalue weighted by molar-refractivity contribution is 5.80. The number of nitrogens with zero attached hydrogens (tertiary/aromatic N) is 2. The summed E-state index contributed by atoms with van der Waals surface area (Å²) in [5, 5.41) is 3.28. The molecule has 2 rings (SSSR count). The first-order chi connectivity index (χ1) is 10.1. The van der Waals surface area contributed by atoms with Crippen LogP contribution in [0.2, 0.25) is 0 Å². The Morgan fingerprint density at radius 1 is 1.29 bits per heavy atom. The molecule has 0 spiro atoms. The fraction of sp³-hybridized carbons (Fsp3) is 0.938. The number of ether oxygens (including phenoxy) is 1. The first-order valence-corrected chi connectivity index (χ1v) is 8.39. The average Bonchev–Trinajstić information content (AvgIpc) is 3.32. The lowest BCUT2D eigenvalue weighted by atomic mass is 9.95. The molecule has 21 heavy (non-hydrogen) atoms. The molecule has 0 aromatic rings. The maximum Gasteiger partial charge on any atom is 0.325 e. The van der Waals surface area contributed by atoms with Gasteiger partial charge in [-0.15, -0.1) is 0 Å². The quantitative estimate of drug-likeness (QED) is 0.680. The molecule has 5 nitrogen and oxygen atoms in total. The summed E-state index contributed by atoms with van der Waals surface area (Å²) in [6.07, 6.45) is 4.67. The second-order valence-corrected chi connectivity index (χ2v) is 6.57. The lowest BCUT2D eigenvalue weighted by Gasteiger charge is -2.35. The van der Waals surface area contributed by atoms with Crippen molar-refractivity contribution in [1.29, 1.82) is 0 Å². The van der Waals surface area contributed by atoms with Crippen LogP contribution in [-0.2, 0) is 9.53 Å². The molecule has 0 bridgehead atoms. The molecule has 1 saturated heterocycles. The first-order valence-electron chi connectivity index (χ1n) is 8.39. The number of carbonyl (C=O) groups is 1.